The average Bonchev–Trinajstić information content (AvgIpc) is 3.13. The van der Waals surface area contributed by atoms with Crippen molar-refractivity contribution in [2.24, 2.45) is 0 Å². The fourth-order valence-corrected chi connectivity index (χ4v) is 4.20. The summed E-state index contributed by atoms with van der Waals surface area (Å²) >= 11 is 1.37. The standard InChI is InChI=1S/C25H30N4O2S/c1-4-14-29(16-23(30)27-21-13-9-8-10-18(21)2)24(31)17-32-25-26-19(3)22(28-25)15-20-11-6-5-7-12-20/h5-13H,4,14-17H2,1-3H3,(H,26,28)(H,27,30). The number of amides is 2. The Balaban J connectivity index is 1.56. The molecule has 0 aliphatic rings. The lowest BCUT2D eigenvalue weighted by atomic mass is 10.1. The maximum atomic E-state index is 12.8. The number of carbonyl (C=O) groups excluding carboxylic acids is 2. The summed E-state index contributed by atoms with van der Waals surface area (Å²) < 4.78 is 0. The van der Waals surface area contributed by atoms with E-state index in [9.17, 15) is 9.59 Å². The highest BCUT2D eigenvalue weighted by atomic mass is 32.2. The predicted octanol–water partition coefficient (Wildman–Crippen LogP) is 4.59. The molecule has 0 atom stereocenters. The van der Waals surface area contributed by atoms with Gasteiger partial charge in [0.2, 0.25) is 11.8 Å². The summed E-state index contributed by atoms with van der Waals surface area (Å²) in [7, 11) is 0. The Morgan fingerprint density at radius 2 is 1.78 bits per heavy atom. The molecule has 2 N–H and O–H groups in total. The summed E-state index contributed by atoms with van der Waals surface area (Å²) in [6.07, 6.45) is 1.54. The molecule has 6 nitrogen and oxygen atoms in total. The molecule has 1 heterocycles. The molecule has 2 amide bonds. The van der Waals surface area contributed by atoms with Gasteiger partial charge in [-0.15, -0.1) is 0 Å². The number of para-hydroxylation sites is 1. The van der Waals surface area contributed by atoms with Crippen LogP contribution in [-0.2, 0) is 16.0 Å². The minimum absolute atomic E-state index is 0.0397. The minimum Gasteiger partial charge on any atom is -0.337 e. The van der Waals surface area contributed by atoms with Crippen molar-refractivity contribution in [3.05, 3.63) is 77.1 Å². The third-order valence-electron chi connectivity index (χ3n) is 5.11. The van der Waals surface area contributed by atoms with Gasteiger partial charge in [-0.25, -0.2) is 4.98 Å². The molecule has 0 spiro atoms. The van der Waals surface area contributed by atoms with Crippen LogP contribution in [0, 0.1) is 13.8 Å². The van der Waals surface area contributed by atoms with Gasteiger partial charge in [0.05, 0.1) is 18.0 Å². The molecule has 0 fully saturated rings. The largest absolute Gasteiger partial charge is 0.337 e. The Bertz CT molecular complexity index is 1050. The normalized spacial score (nSPS) is 10.7. The number of aryl methyl sites for hydroxylation is 2. The molecule has 7 heteroatoms. The number of H-pyrrole nitrogens is 1. The molecule has 0 aliphatic heterocycles. The Labute approximate surface area is 193 Å². The number of rotatable bonds is 10. The lowest BCUT2D eigenvalue weighted by Crippen LogP contribution is -2.39. The number of nitrogens with one attached hydrogen (secondary N) is 2. The monoisotopic (exact) mass is 450 g/mol. The highest BCUT2D eigenvalue weighted by Gasteiger charge is 2.18. The van der Waals surface area contributed by atoms with E-state index in [0.717, 1.165) is 40.6 Å². The number of carbonyl (C=O) groups is 2. The second-order valence-corrected chi connectivity index (χ2v) is 8.71. The van der Waals surface area contributed by atoms with Gasteiger partial charge in [0, 0.05) is 24.3 Å². The van der Waals surface area contributed by atoms with Gasteiger partial charge in [0.25, 0.3) is 0 Å². The first-order valence-corrected chi connectivity index (χ1v) is 11.8. The number of benzene rings is 2. The van der Waals surface area contributed by atoms with Gasteiger partial charge in [-0.2, -0.15) is 0 Å². The zero-order valence-corrected chi connectivity index (χ0v) is 19.7. The van der Waals surface area contributed by atoms with Crippen molar-refractivity contribution in [3.8, 4) is 0 Å². The lowest BCUT2D eigenvalue weighted by Gasteiger charge is -2.21. The van der Waals surface area contributed by atoms with Crippen LogP contribution in [0.5, 0.6) is 0 Å². The third-order valence-corrected chi connectivity index (χ3v) is 5.97. The number of hydrogen-bond acceptors (Lipinski definition) is 4. The molecule has 1 aromatic heterocycles. The molecule has 0 radical (unpaired) electrons. The maximum Gasteiger partial charge on any atom is 0.244 e. The number of anilines is 1. The number of imidazole rings is 1. The second-order valence-electron chi connectivity index (χ2n) is 7.74. The van der Waals surface area contributed by atoms with Crippen LogP contribution in [0.2, 0.25) is 0 Å². The van der Waals surface area contributed by atoms with Crippen LogP contribution in [0.1, 0.15) is 35.9 Å². The van der Waals surface area contributed by atoms with Crippen molar-refractivity contribution in [2.45, 2.75) is 38.8 Å². The summed E-state index contributed by atoms with van der Waals surface area (Å²) in [5.41, 5.74) is 4.95. The smallest absolute Gasteiger partial charge is 0.244 e. The van der Waals surface area contributed by atoms with Crippen LogP contribution in [0.4, 0.5) is 5.69 Å². The van der Waals surface area contributed by atoms with Gasteiger partial charge in [0.15, 0.2) is 5.16 Å². The summed E-state index contributed by atoms with van der Waals surface area (Å²) in [5, 5.41) is 3.63. The quantitative estimate of drug-likeness (QED) is 0.443. The topological polar surface area (TPSA) is 78.1 Å². The van der Waals surface area contributed by atoms with Crippen LogP contribution < -0.4 is 5.32 Å². The third kappa shape index (κ3) is 6.72. The first kappa shape index (κ1) is 23.6. The van der Waals surface area contributed by atoms with Crippen molar-refractivity contribution in [1.29, 1.82) is 0 Å². The van der Waals surface area contributed by atoms with Crippen LogP contribution in [0.25, 0.3) is 0 Å². The Kier molecular flexibility index (Phi) is 8.50. The van der Waals surface area contributed by atoms with Crippen LogP contribution in [0.3, 0.4) is 0 Å². The number of thioether (sulfide) groups is 1. The van der Waals surface area contributed by atoms with E-state index in [1.54, 1.807) is 4.90 Å². The zero-order valence-electron chi connectivity index (χ0n) is 18.9. The number of aromatic amines is 1. The van der Waals surface area contributed by atoms with Crippen molar-refractivity contribution in [3.63, 3.8) is 0 Å². The van der Waals surface area contributed by atoms with E-state index in [0.29, 0.717) is 6.54 Å². The van der Waals surface area contributed by atoms with E-state index in [2.05, 4.69) is 27.4 Å². The highest BCUT2D eigenvalue weighted by Crippen LogP contribution is 2.20. The van der Waals surface area contributed by atoms with Gasteiger partial charge < -0.3 is 15.2 Å². The molecule has 3 aromatic rings. The van der Waals surface area contributed by atoms with E-state index >= 15 is 0 Å². The van der Waals surface area contributed by atoms with Crippen LogP contribution >= 0.6 is 11.8 Å². The summed E-state index contributed by atoms with van der Waals surface area (Å²) in [5.74, 6) is -0.0319. The van der Waals surface area contributed by atoms with Gasteiger partial charge in [0.1, 0.15) is 0 Å². The number of aromatic nitrogens is 2. The van der Waals surface area contributed by atoms with E-state index < -0.39 is 0 Å². The van der Waals surface area contributed by atoms with E-state index in [1.807, 2.05) is 63.2 Å². The summed E-state index contributed by atoms with van der Waals surface area (Å²) in [4.78, 5) is 34.9. The maximum absolute atomic E-state index is 12.8. The first-order valence-electron chi connectivity index (χ1n) is 10.8. The molecule has 0 bridgehead atoms. The number of hydrogen-bond donors (Lipinski definition) is 2. The van der Waals surface area contributed by atoms with E-state index in [1.165, 1.54) is 17.3 Å². The Morgan fingerprint density at radius 3 is 2.50 bits per heavy atom. The summed E-state index contributed by atoms with van der Waals surface area (Å²) in [6, 6.07) is 17.8. The van der Waals surface area contributed by atoms with Crippen LogP contribution in [-0.4, -0.2) is 45.5 Å². The summed E-state index contributed by atoms with van der Waals surface area (Å²) in [6.45, 7) is 6.52. The van der Waals surface area contributed by atoms with Gasteiger partial charge in [-0.1, -0.05) is 67.2 Å². The fourth-order valence-electron chi connectivity index (χ4n) is 3.36. The molecule has 0 unspecified atom stereocenters. The molecule has 32 heavy (non-hydrogen) atoms. The molecule has 2 aromatic carbocycles. The van der Waals surface area contributed by atoms with Crippen molar-refractivity contribution in [2.75, 3.05) is 24.2 Å². The molecular weight excluding hydrogens is 420 g/mol. The van der Waals surface area contributed by atoms with Gasteiger partial charge in [-0.3, -0.25) is 9.59 Å². The van der Waals surface area contributed by atoms with Gasteiger partial charge in [-0.05, 0) is 37.5 Å². The minimum atomic E-state index is -0.190. The van der Waals surface area contributed by atoms with E-state index in [-0.39, 0.29) is 24.1 Å². The SMILES string of the molecule is CCCN(CC(=O)Nc1ccccc1C)C(=O)CSc1nc(Cc2ccccc2)c(C)[nH]1. The molecule has 0 saturated heterocycles. The first-order chi connectivity index (χ1) is 15.5. The number of nitrogens with zero attached hydrogens (tertiary/aromatic N) is 2. The predicted molar refractivity (Wildman–Crippen MR) is 130 cm³/mol. The van der Waals surface area contributed by atoms with Crippen LogP contribution in [0.15, 0.2) is 59.8 Å². The molecule has 168 valence electrons. The van der Waals surface area contributed by atoms with E-state index in [4.69, 9.17) is 0 Å². The molecular formula is C25H30N4O2S. The van der Waals surface area contributed by atoms with Crippen molar-refractivity contribution >= 4 is 29.3 Å². The fraction of sp³-hybridized carbons (Fsp3) is 0.320. The van der Waals surface area contributed by atoms with Crippen molar-refractivity contribution in [1.82, 2.24) is 14.9 Å². The average molecular weight is 451 g/mol. The molecule has 3 rings (SSSR count). The Hall–Kier alpha value is -3.06. The van der Waals surface area contributed by atoms with Gasteiger partial charge >= 0.3 is 0 Å². The highest BCUT2D eigenvalue weighted by molar-refractivity contribution is 7.99. The molecule has 0 aliphatic carbocycles. The second kappa shape index (κ2) is 11.5. The van der Waals surface area contributed by atoms with Crippen molar-refractivity contribution < 1.29 is 9.59 Å². The molecule has 0 saturated carbocycles. The lowest BCUT2D eigenvalue weighted by molar-refractivity contribution is -0.132. The zero-order chi connectivity index (χ0) is 22.9. The Morgan fingerprint density at radius 1 is 1.06 bits per heavy atom.